The van der Waals surface area contributed by atoms with Crippen LogP contribution in [0.25, 0.3) is 0 Å². The molecule has 1 aliphatic heterocycles. The van der Waals surface area contributed by atoms with Gasteiger partial charge >= 0.3 is 6.18 Å². The number of alkyl halides is 3. The highest BCUT2D eigenvalue weighted by Crippen LogP contribution is 2.40. The lowest BCUT2D eigenvalue weighted by atomic mass is 10.00. The minimum absolute atomic E-state index is 0.0502. The van der Waals surface area contributed by atoms with E-state index in [0.717, 1.165) is 30.3 Å². The van der Waals surface area contributed by atoms with Crippen LogP contribution in [0.3, 0.4) is 0 Å². The summed E-state index contributed by atoms with van der Waals surface area (Å²) < 4.78 is 63.2. The van der Waals surface area contributed by atoms with Crippen LogP contribution < -0.4 is 14.8 Å². The third kappa shape index (κ3) is 4.05. The Morgan fingerprint density at radius 1 is 1.22 bits per heavy atom. The lowest BCUT2D eigenvalue weighted by Gasteiger charge is -2.27. The van der Waals surface area contributed by atoms with Gasteiger partial charge in [0.05, 0.1) is 18.2 Å². The van der Waals surface area contributed by atoms with E-state index in [4.69, 9.17) is 9.47 Å². The van der Waals surface area contributed by atoms with Crippen LogP contribution in [0.5, 0.6) is 17.2 Å². The highest BCUT2D eigenvalue weighted by atomic mass is 19.4. The van der Waals surface area contributed by atoms with Crippen LogP contribution >= 0.6 is 0 Å². The van der Waals surface area contributed by atoms with Gasteiger partial charge in [-0.15, -0.1) is 0 Å². The molecule has 8 heteroatoms. The molecule has 0 aliphatic carbocycles. The van der Waals surface area contributed by atoms with E-state index in [1.54, 1.807) is 6.07 Å². The zero-order valence-electron chi connectivity index (χ0n) is 14.0. The molecule has 1 aliphatic rings. The van der Waals surface area contributed by atoms with E-state index < -0.39 is 29.5 Å². The van der Waals surface area contributed by atoms with Crippen LogP contribution in [-0.4, -0.2) is 12.5 Å². The lowest BCUT2D eigenvalue weighted by molar-refractivity contribution is -0.137. The predicted molar refractivity (Wildman–Crippen MR) is 89.1 cm³/mol. The first-order valence-corrected chi connectivity index (χ1v) is 8.03. The molecule has 0 bridgehead atoms. The Morgan fingerprint density at radius 3 is 2.56 bits per heavy atom. The number of hydrogen-bond donors (Lipinski definition) is 1. The van der Waals surface area contributed by atoms with Crippen molar-refractivity contribution in [2.75, 3.05) is 6.61 Å². The number of amides is 1. The van der Waals surface area contributed by atoms with E-state index in [-0.39, 0.29) is 23.9 Å². The molecule has 2 aromatic carbocycles. The molecular weight excluding hydrogens is 366 g/mol. The SMILES string of the molecule is C=CC(=O)NC1CCOc2c1ccc(Oc1ccc(C(F)(F)F)cc1)c2F. The van der Waals surface area contributed by atoms with Crippen molar-refractivity contribution in [3.8, 4) is 17.2 Å². The molecule has 27 heavy (non-hydrogen) atoms. The molecule has 0 aromatic heterocycles. The normalized spacial score (nSPS) is 16.1. The van der Waals surface area contributed by atoms with Crippen LogP contribution in [-0.2, 0) is 11.0 Å². The topological polar surface area (TPSA) is 47.6 Å². The van der Waals surface area contributed by atoms with Crippen LogP contribution in [0, 0.1) is 5.82 Å². The van der Waals surface area contributed by atoms with Gasteiger partial charge in [-0.1, -0.05) is 6.58 Å². The molecule has 0 saturated carbocycles. The second kappa shape index (κ2) is 7.30. The quantitative estimate of drug-likeness (QED) is 0.614. The summed E-state index contributed by atoms with van der Waals surface area (Å²) in [5.41, 5.74) is -0.376. The van der Waals surface area contributed by atoms with E-state index in [0.29, 0.717) is 12.0 Å². The maximum Gasteiger partial charge on any atom is 0.416 e. The maximum atomic E-state index is 14.7. The van der Waals surface area contributed by atoms with Crippen LogP contribution in [0.15, 0.2) is 49.1 Å². The summed E-state index contributed by atoms with van der Waals surface area (Å²) in [4.78, 5) is 11.5. The van der Waals surface area contributed by atoms with Crippen molar-refractivity contribution in [1.82, 2.24) is 5.32 Å². The van der Waals surface area contributed by atoms with Gasteiger partial charge in [-0.3, -0.25) is 4.79 Å². The second-order valence-corrected chi connectivity index (χ2v) is 5.82. The number of benzene rings is 2. The van der Waals surface area contributed by atoms with Crippen LogP contribution in [0.1, 0.15) is 23.6 Å². The highest BCUT2D eigenvalue weighted by molar-refractivity contribution is 5.87. The first-order valence-electron chi connectivity index (χ1n) is 8.03. The third-order valence-electron chi connectivity index (χ3n) is 4.03. The van der Waals surface area contributed by atoms with Crippen molar-refractivity contribution in [2.45, 2.75) is 18.6 Å². The van der Waals surface area contributed by atoms with Crippen molar-refractivity contribution < 1.29 is 31.8 Å². The van der Waals surface area contributed by atoms with Gasteiger partial charge in [0.15, 0.2) is 11.5 Å². The molecule has 0 saturated heterocycles. The number of carbonyl (C=O) groups excluding carboxylic acids is 1. The summed E-state index contributed by atoms with van der Waals surface area (Å²) in [6.45, 7) is 3.56. The monoisotopic (exact) mass is 381 g/mol. The molecule has 3 rings (SSSR count). The van der Waals surface area contributed by atoms with E-state index in [1.807, 2.05) is 0 Å². The number of rotatable bonds is 4. The first kappa shape index (κ1) is 18.8. The summed E-state index contributed by atoms with van der Waals surface area (Å²) >= 11 is 0. The number of carbonyl (C=O) groups is 1. The molecule has 0 fully saturated rings. The molecular formula is C19H15F4NO3. The van der Waals surface area contributed by atoms with E-state index in [2.05, 4.69) is 11.9 Å². The Labute approximate surface area is 152 Å². The number of halogens is 4. The molecule has 1 N–H and O–H groups in total. The Balaban J connectivity index is 1.84. The number of nitrogens with one attached hydrogen (secondary N) is 1. The Kier molecular flexibility index (Phi) is 5.07. The predicted octanol–water partition coefficient (Wildman–Crippen LogP) is 4.76. The smallest absolute Gasteiger partial charge is 0.416 e. The molecule has 1 amide bonds. The van der Waals surface area contributed by atoms with Crippen molar-refractivity contribution in [2.24, 2.45) is 0 Å². The fourth-order valence-electron chi connectivity index (χ4n) is 2.71. The van der Waals surface area contributed by atoms with Crippen molar-refractivity contribution >= 4 is 5.91 Å². The minimum Gasteiger partial charge on any atom is -0.490 e. The standard InChI is InChI=1S/C19H15F4NO3/c1-2-16(25)24-14-9-10-26-18-13(14)7-8-15(17(18)20)27-12-5-3-11(4-6-12)19(21,22)23/h2-8,14H,1,9-10H2,(H,24,25). The number of ether oxygens (including phenoxy) is 2. The summed E-state index contributed by atoms with van der Waals surface area (Å²) in [5.74, 6) is -1.37. The van der Waals surface area contributed by atoms with Gasteiger partial charge in [0, 0.05) is 12.0 Å². The molecule has 1 atom stereocenters. The lowest BCUT2D eigenvalue weighted by Crippen LogP contribution is -2.31. The van der Waals surface area contributed by atoms with Crippen molar-refractivity contribution in [1.29, 1.82) is 0 Å². The zero-order chi connectivity index (χ0) is 19.6. The summed E-state index contributed by atoms with van der Waals surface area (Å²) in [5, 5.41) is 2.69. The Morgan fingerprint density at radius 2 is 1.93 bits per heavy atom. The average Bonchev–Trinajstić information content (AvgIpc) is 2.64. The largest absolute Gasteiger partial charge is 0.490 e. The molecule has 0 spiro atoms. The maximum absolute atomic E-state index is 14.7. The van der Waals surface area contributed by atoms with Gasteiger partial charge in [0.1, 0.15) is 5.75 Å². The fourth-order valence-corrected chi connectivity index (χ4v) is 2.71. The second-order valence-electron chi connectivity index (χ2n) is 5.82. The van der Waals surface area contributed by atoms with Gasteiger partial charge in [-0.05, 0) is 42.5 Å². The molecule has 2 aromatic rings. The molecule has 142 valence electrons. The van der Waals surface area contributed by atoms with Gasteiger partial charge in [0.25, 0.3) is 0 Å². The van der Waals surface area contributed by atoms with Crippen LogP contribution in [0.2, 0.25) is 0 Å². The Hall–Kier alpha value is -3.03. The van der Waals surface area contributed by atoms with Gasteiger partial charge < -0.3 is 14.8 Å². The molecule has 4 nitrogen and oxygen atoms in total. The fraction of sp³-hybridized carbons (Fsp3) is 0.211. The summed E-state index contributed by atoms with van der Waals surface area (Å²) in [6, 6.07) is 6.37. The van der Waals surface area contributed by atoms with Crippen molar-refractivity contribution in [3.63, 3.8) is 0 Å². The summed E-state index contributed by atoms with van der Waals surface area (Å²) in [6.07, 6.45) is -2.88. The van der Waals surface area contributed by atoms with Crippen LogP contribution in [0.4, 0.5) is 17.6 Å². The zero-order valence-corrected chi connectivity index (χ0v) is 14.0. The summed E-state index contributed by atoms with van der Waals surface area (Å²) in [7, 11) is 0. The minimum atomic E-state index is -4.46. The highest BCUT2D eigenvalue weighted by Gasteiger charge is 2.30. The third-order valence-corrected chi connectivity index (χ3v) is 4.03. The van der Waals surface area contributed by atoms with E-state index in [1.165, 1.54) is 6.07 Å². The molecule has 1 heterocycles. The first-order chi connectivity index (χ1) is 12.8. The van der Waals surface area contributed by atoms with Crippen molar-refractivity contribution in [3.05, 3.63) is 66.0 Å². The van der Waals surface area contributed by atoms with E-state index in [9.17, 15) is 22.4 Å². The van der Waals surface area contributed by atoms with Gasteiger partial charge in [-0.2, -0.15) is 17.6 Å². The Bertz CT molecular complexity index is 862. The number of hydrogen-bond acceptors (Lipinski definition) is 3. The van der Waals surface area contributed by atoms with Gasteiger partial charge in [-0.25, -0.2) is 0 Å². The molecule has 0 radical (unpaired) electrons. The molecule has 1 unspecified atom stereocenters. The van der Waals surface area contributed by atoms with E-state index >= 15 is 0 Å². The number of fused-ring (bicyclic) bond motifs is 1. The van der Waals surface area contributed by atoms with Gasteiger partial charge in [0.2, 0.25) is 11.7 Å². The average molecular weight is 381 g/mol.